The van der Waals surface area contributed by atoms with Gasteiger partial charge in [0.2, 0.25) is 5.82 Å². The van der Waals surface area contributed by atoms with Crippen LogP contribution in [0.2, 0.25) is 0 Å². The van der Waals surface area contributed by atoms with Crippen LogP contribution >= 0.6 is 0 Å². The van der Waals surface area contributed by atoms with E-state index in [2.05, 4.69) is 10.1 Å². The Labute approximate surface area is 165 Å². The van der Waals surface area contributed by atoms with Crippen LogP contribution in [0.4, 0.5) is 5.69 Å². The van der Waals surface area contributed by atoms with Crippen molar-refractivity contribution in [3.63, 3.8) is 0 Å². The van der Waals surface area contributed by atoms with Gasteiger partial charge in [-0.1, -0.05) is 41.6 Å². The maximum Gasteiger partial charge on any atom is 0.357 e. The first-order chi connectivity index (χ1) is 14.1. The van der Waals surface area contributed by atoms with E-state index >= 15 is 0 Å². The van der Waals surface area contributed by atoms with Crippen LogP contribution in [0.15, 0.2) is 65.3 Å². The Morgan fingerprint density at radius 3 is 2.66 bits per heavy atom. The third kappa shape index (κ3) is 3.21. The van der Waals surface area contributed by atoms with Crippen LogP contribution in [-0.2, 0) is 4.74 Å². The number of ether oxygens (including phenoxy) is 1. The molecule has 2 aromatic heterocycles. The minimum absolute atomic E-state index is 0.0638. The Morgan fingerprint density at radius 2 is 1.93 bits per heavy atom. The molecule has 2 heterocycles. The van der Waals surface area contributed by atoms with Gasteiger partial charge in [-0.25, -0.2) is 4.79 Å². The maximum absolute atomic E-state index is 12.2. The first-order valence-electron chi connectivity index (χ1n) is 8.61. The molecule has 0 radical (unpaired) electrons. The van der Waals surface area contributed by atoms with Crippen molar-refractivity contribution in [2.24, 2.45) is 0 Å². The highest BCUT2D eigenvalue weighted by molar-refractivity contribution is 5.96. The minimum atomic E-state index is -0.640. The van der Waals surface area contributed by atoms with E-state index in [0.29, 0.717) is 23.0 Å². The third-order valence-electron chi connectivity index (χ3n) is 4.37. The molecule has 0 atom stereocenters. The summed E-state index contributed by atoms with van der Waals surface area (Å²) in [6.45, 7) is 0. The Balaban J connectivity index is 1.77. The van der Waals surface area contributed by atoms with Crippen LogP contribution in [0, 0.1) is 11.3 Å². The number of aromatic nitrogens is 3. The molecule has 0 aliphatic heterocycles. The summed E-state index contributed by atoms with van der Waals surface area (Å²) in [7, 11) is 1.26. The van der Waals surface area contributed by atoms with Crippen LogP contribution in [0.5, 0.6) is 0 Å². The van der Waals surface area contributed by atoms with Gasteiger partial charge >= 0.3 is 5.97 Å². The highest BCUT2D eigenvalue weighted by Crippen LogP contribution is 2.28. The molecule has 4 rings (SSSR count). The molecule has 0 spiro atoms. The summed E-state index contributed by atoms with van der Waals surface area (Å²) in [6, 6.07) is 18.6. The van der Waals surface area contributed by atoms with E-state index in [0.717, 1.165) is 5.56 Å². The Hall–Kier alpha value is -4.38. The van der Waals surface area contributed by atoms with E-state index < -0.39 is 5.97 Å². The molecule has 0 saturated carbocycles. The molecule has 0 bridgehead atoms. The molecule has 0 amide bonds. The van der Waals surface area contributed by atoms with Gasteiger partial charge < -0.3 is 19.6 Å². The number of nitriles is 1. The molecule has 0 aliphatic carbocycles. The molecule has 8 heteroatoms. The van der Waals surface area contributed by atoms with Crippen LogP contribution in [-0.4, -0.2) is 27.8 Å². The molecular formula is C21H15N5O3. The molecule has 4 aromatic rings. The van der Waals surface area contributed by atoms with Crippen LogP contribution in [0.1, 0.15) is 16.1 Å². The fraction of sp³-hybridized carbons (Fsp3) is 0.0476. The summed E-state index contributed by atoms with van der Waals surface area (Å²) in [4.78, 5) is 16.6. The standard InChI is InChI=1S/C21H15N5O3/c1-28-21(27)18-17(23)15(11-22)12-26(18)16-9-5-8-14(10-16)20-24-19(25-29-20)13-6-3-2-4-7-13/h2-10,12H,23H2,1H3. The zero-order chi connectivity index (χ0) is 20.4. The smallest absolute Gasteiger partial charge is 0.357 e. The second kappa shape index (κ2) is 7.32. The predicted octanol–water partition coefficient (Wildman–Crippen LogP) is 3.43. The van der Waals surface area contributed by atoms with Crippen molar-refractivity contribution in [2.75, 3.05) is 12.8 Å². The zero-order valence-electron chi connectivity index (χ0n) is 15.4. The molecule has 0 fully saturated rings. The lowest BCUT2D eigenvalue weighted by Crippen LogP contribution is -2.11. The fourth-order valence-corrected chi connectivity index (χ4v) is 2.95. The average Bonchev–Trinajstić information content (AvgIpc) is 3.39. The van der Waals surface area contributed by atoms with E-state index in [1.807, 2.05) is 42.5 Å². The number of nitrogen functional groups attached to an aromatic ring is 1. The van der Waals surface area contributed by atoms with E-state index in [4.69, 9.17) is 15.0 Å². The molecule has 142 valence electrons. The van der Waals surface area contributed by atoms with Crippen molar-refractivity contribution >= 4 is 11.7 Å². The van der Waals surface area contributed by atoms with E-state index in [9.17, 15) is 10.1 Å². The van der Waals surface area contributed by atoms with Gasteiger partial charge in [-0.2, -0.15) is 10.2 Å². The molecule has 2 aromatic carbocycles. The first-order valence-corrected chi connectivity index (χ1v) is 8.61. The molecule has 29 heavy (non-hydrogen) atoms. The second-order valence-corrected chi connectivity index (χ2v) is 6.12. The van der Waals surface area contributed by atoms with Gasteiger partial charge in [0.15, 0.2) is 5.69 Å². The van der Waals surface area contributed by atoms with Crippen molar-refractivity contribution < 1.29 is 14.1 Å². The summed E-state index contributed by atoms with van der Waals surface area (Å²) in [6.07, 6.45) is 1.49. The molecule has 2 N–H and O–H groups in total. The van der Waals surface area contributed by atoms with Crippen molar-refractivity contribution in [3.8, 4) is 34.6 Å². The van der Waals surface area contributed by atoms with Crippen molar-refractivity contribution in [1.29, 1.82) is 5.26 Å². The molecular weight excluding hydrogens is 370 g/mol. The topological polar surface area (TPSA) is 120 Å². The van der Waals surface area contributed by atoms with Crippen molar-refractivity contribution in [3.05, 3.63) is 72.1 Å². The number of carbonyl (C=O) groups is 1. The summed E-state index contributed by atoms with van der Waals surface area (Å²) in [5.74, 6) is 0.155. The van der Waals surface area contributed by atoms with Gasteiger partial charge in [0.1, 0.15) is 6.07 Å². The lowest BCUT2D eigenvalue weighted by atomic mass is 10.2. The SMILES string of the molecule is COC(=O)c1c(N)c(C#N)cn1-c1cccc(-c2nc(-c3ccccc3)no2)c1. The minimum Gasteiger partial charge on any atom is -0.464 e. The largest absolute Gasteiger partial charge is 0.464 e. The summed E-state index contributed by atoms with van der Waals surface area (Å²) >= 11 is 0. The van der Waals surface area contributed by atoms with E-state index in [1.165, 1.54) is 17.9 Å². The highest BCUT2D eigenvalue weighted by Gasteiger charge is 2.22. The Bertz CT molecular complexity index is 1230. The van der Waals surface area contributed by atoms with Crippen molar-refractivity contribution in [1.82, 2.24) is 14.7 Å². The third-order valence-corrected chi connectivity index (χ3v) is 4.37. The molecule has 0 aliphatic rings. The van der Waals surface area contributed by atoms with Gasteiger partial charge in [-0.3, -0.25) is 0 Å². The number of nitrogens with zero attached hydrogens (tertiary/aromatic N) is 4. The Kier molecular flexibility index (Phi) is 4.55. The normalized spacial score (nSPS) is 10.5. The summed E-state index contributed by atoms with van der Waals surface area (Å²) in [5, 5.41) is 13.3. The van der Waals surface area contributed by atoms with Gasteiger partial charge in [0.05, 0.1) is 18.4 Å². The number of esters is 1. The zero-order valence-corrected chi connectivity index (χ0v) is 15.4. The van der Waals surface area contributed by atoms with Crippen LogP contribution in [0.25, 0.3) is 28.5 Å². The molecule has 0 unspecified atom stereocenters. The monoisotopic (exact) mass is 385 g/mol. The number of anilines is 1. The average molecular weight is 385 g/mol. The summed E-state index contributed by atoms with van der Waals surface area (Å²) in [5.41, 5.74) is 8.37. The number of rotatable bonds is 4. The number of hydrogen-bond acceptors (Lipinski definition) is 7. The second-order valence-electron chi connectivity index (χ2n) is 6.12. The molecule has 0 saturated heterocycles. The van der Waals surface area contributed by atoms with Gasteiger partial charge in [-0.15, -0.1) is 0 Å². The number of hydrogen-bond donors (Lipinski definition) is 1. The molecule has 8 nitrogen and oxygen atoms in total. The summed E-state index contributed by atoms with van der Waals surface area (Å²) < 4.78 is 11.7. The Morgan fingerprint density at radius 1 is 1.17 bits per heavy atom. The number of benzene rings is 2. The number of methoxy groups -OCH3 is 1. The van der Waals surface area contributed by atoms with E-state index in [-0.39, 0.29) is 16.9 Å². The van der Waals surface area contributed by atoms with Gasteiger partial charge in [0, 0.05) is 23.0 Å². The van der Waals surface area contributed by atoms with Crippen LogP contribution < -0.4 is 5.73 Å². The van der Waals surface area contributed by atoms with Gasteiger partial charge in [0.25, 0.3) is 5.89 Å². The number of carbonyl (C=O) groups excluding carboxylic acids is 1. The van der Waals surface area contributed by atoms with Crippen LogP contribution in [0.3, 0.4) is 0 Å². The predicted molar refractivity (Wildman–Crippen MR) is 105 cm³/mol. The quantitative estimate of drug-likeness (QED) is 0.534. The maximum atomic E-state index is 12.2. The number of nitrogens with two attached hydrogens (primary N) is 1. The lowest BCUT2D eigenvalue weighted by molar-refractivity contribution is 0.0593. The first kappa shape index (κ1) is 18.0. The lowest BCUT2D eigenvalue weighted by Gasteiger charge is -2.09. The fourth-order valence-electron chi connectivity index (χ4n) is 2.95. The van der Waals surface area contributed by atoms with Crippen molar-refractivity contribution in [2.45, 2.75) is 0 Å². The highest BCUT2D eigenvalue weighted by atomic mass is 16.5. The van der Waals surface area contributed by atoms with E-state index in [1.54, 1.807) is 18.2 Å². The van der Waals surface area contributed by atoms with Gasteiger partial charge in [-0.05, 0) is 18.2 Å².